The second-order valence-corrected chi connectivity index (χ2v) is 8.62. The molecule has 1 aliphatic rings. The van der Waals surface area contributed by atoms with Crippen molar-refractivity contribution in [3.05, 3.63) is 16.1 Å². The Labute approximate surface area is 175 Å². The minimum Gasteiger partial charge on any atom is -0.375 e. The van der Waals surface area contributed by atoms with E-state index in [1.807, 2.05) is 6.92 Å². The number of ether oxygens (including phenoxy) is 1. The van der Waals surface area contributed by atoms with Gasteiger partial charge in [-0.1, -0.05) is 6.42 Å². The zero-order valence-corrected chi connectivity index (χ0v) is 19.2. The molecule has 2 heterocycles. The lowest BCUT2D eigenvalue weighted by Gasteiger charge is -2.33. The zero-order valence-electron chi connectivity index (χ0n) is 18.4. The number of guanidine groups is 1. The summed E-state index contributed by atoms with van der Waals surface area (Å²) in [5.74, 6) is 0.961. The largest absolute Gasteiger partial charge is 0.375 e. The third-order valence-corrected chi connectivity index (χ3v) is 6.48. The number of nitrogens with one attached hydrogen (secondary N) is 1. The lowest BCUT2D eigenvalue weighted by Crippen LogP contribution is -2.39. The number of aromatic nitrogens is 1. The van der Waals surface area contributed by atoms with Crippen molar-refractivity contribution in [3.63, 3.8) is 0 Å². The van der Waals surface area contributed by atoms with Gasteiger partial charge in [-0.05, 0) is 59.5 Å². The van der Waals surface area contributed by atoms with Gasteiger partial charge in [0.15, 0.2) is 5.96 Å². The number of unbranched alkanes of at least 4 members (excludes halogenated alkanes) is 1. The molecule has 2 rings (SSSR count). The van der Waals surface area contributed by atoms with E-state index < -0.39 is 0 Å². The summed E-state index contributed by atoms with van der Waals surface area (Å²) in [6, 6.07) is 0.754. The number of hydrogen-bond donors (Lipinski definition) is 1. The van der Waals surface area contributed by atoms with E-state index >= 15 is 0 Å². The molecular weight excluding hydrogens is 370 g/mol. The number of piperidine rings is 1. The smallest absolute Gasteiger partial charge is 0.194 e. The van der Waals surface area contributed by atoms with Gasteiger partial charge in [0.05, 0.1) is 12.2 Å². The van der Waals surface area contributed by atoms with Crippen LogP contribution in [0.25, 0.3) is 0 Å². The van der Waals surface area contributed by atoms with Crippen molar-refractivity contribution < 1.29 is 4.74 Å². The molecule has 0 aliphatic carbocycles. The van der Waals surface area contributed by atoms with E-state index in [1.54, 1.807) is 18.4 Å². The third-order valence-electron chi connectivity index (χ3n) is 5.42. The molecule has 160 valence electrons. The first-order valence-corrected chi connectivity index (χ1v) is 11.6. The molecule has 0 aromatic carbocycles. The summed E-state index contributed by atoms with van der Waals surface area (Å²) in [6.45, 7) is 11.5. The fourth-order valence-corrected chi connectivity index (χ4v) is 4.41. The van der Waals surface area contributed by atoms with E-state index in [4.69, 9.17) is 14.7 Å². The Morgan fingerprint density at radius 2 is 2.29 bits per heavy atom. The second kappa shape index (κ2) is 12.4. The van der Waals surface area contributed by atoms with Gasteiger partial charge in [0, 0.05) is 38.7 Å². The predicted octanol–water partition coefficient (Wildman–Crippen LogP) is 3.90. The highest BCUT2D eigenvalue weighted by atomic mass is 32.1. The number of rotatable bonds is 10. The maximum absolute atomic E-state index is 5.36. The topological polar surface area (TPSA) is 53.0 Å². The molecule has 1 fully saturated rings. The first kappa shape index (κ1) is 23.1. The summed E-state index contributed by atoms with van der Waals surface area (Å²) >= 11 is 1.66. The number of nitrogens with zero attached hydrogens (tertiary/aromatic N) is 4. The van der Waals surface area contributed by atoms with E-state index in [2.05, 4.69) is 41.4 Å². The van der Waals surface area contributed by atoms with Crippen molar-refractivity contribution >= 4 is 17.3 Å². The highest BCUT2D eigenvalue weighted by Crippen LogP contribution is 2.21. The molecule has 1 aliphatic heterocycles. The van der Waals surface area contributed by atoms with Crippen LogP contribution < -0.4 is 5.32 Å². The maximum atomic E-state index is 5.36. The van der Waals surface area contributed by atoms with Gasteiger partial charge in [-0.25, -0.2) is 4.98 Å². The quantitative estimate of drug-likeness (QED) is 0.361. The van der Waals surface area contributed by atoms with E-state index in [1.165, 1.54) is 38.8 Å². The lowest BCUT2D eigenvalue weighted by molar-refractivity contribution is 0.119. The number of aliphatic imine (C=N–C) groups is 1. The van der Waals surface area contributed by atoms with Crippen LogP contribution in [-0.2, 0) is 11.3 Å². The highest BCUT2D eigenvalue weighted by Gasteiger charge is 2.17. The second-order valence-electron chi connectivity index (χ2n) is 7.73. The van der Waals surface area contributed by atoms with Crippen LogP contribution in [0.5, 0.6) is 0 Å². The maximum Gasteiger partial charge on any atom is 0.194 e. The Morgan fingerprint density at radius 3 is 3.00 bits per heavy atom. The molecule has 28 heavy (non-hydrogen) atoms. The molecule has 0 saturated carbocycles. The summed E-state index contributed by atoms with van der Waals surface area (Å²) in [5, 5.41) is 6.55. The van der Waals surface area contributed by atoms with Crippen molar-refractivity contribution in [1.29, 1.82) is 0 Å². The van der Waals surface area contributed by atoms with Gasteiger partial charge in [-0.3, -0.25) is 4.99 Å². The van der Waals surface area contributed by atoms with Crippen molar-refractivity contribution in [1.82, 2.24) is 20.1 Å². The number of likely N-dealkylation sites (tertiary alicyclic amines) is 1. The van der Waals surface area contributed by atoms with Crippen molar-refractivity contribution in [2.75, 3.05) is 40.3 Å². The summed E-state index contributed by atoms with van der Waals surface area (Å²) in [5.41, 5.74) is 1.07. The first-order chi connectivity index (χ1) is 13.5. The van der Waals surface area contributed by atoms with Crippen molar-refractivity contribution in [3.8, 4) is 0 Å². The molecule has 0 bridgehead atoms. The summed E-state index contributed by atoms with van der Waals surface area (Å²) in [7, 11) is 3.80. The SMILES string of the molecule is CCNC(=NCCCCN1CCCCC1C)N(C)Cc1csc(C(C)OC)n1. The Hall–Kier alpha value is -1.18. The van der Waals surface area contributed by atoms with Crippen molar-refractivity contribution in [2.45, 2.75) is 71.6 Å². The minimum atomic E-state index is 0.0496. The number of hydrogen-bond acceptors (Lipinski definition) is 5. The van der Waals surface area contributed by atoms with E-state index in [-0.39, 0.29) is 6.10 Å². The normalized spacial score (nSPS) is 19.6. The van der Waals surface area contributed by atoms with Crippen LogP contribution in [0.2, 0.25) is 0 Å². The molecule has 2 unspecified atom stereocenters. The summed E-state index contributed by atoms with van der Waals surface area (Å²) < 4.78 is 5.36. The van der Waals surface area contributed by atoms with Crippen LogP contribution in [0.4, 0.5) is 0 Å². The zero-order chi connectivity index (χ0) is 20.4. The van der Waals surface area contributed by atoms with E-state index in [9.17, 15) is 0 Å². The fourth-order valence-electron chi connectivity index (χ4n) is 3.57. The third kappa shape index (κ3) is 7.33. The van der Waals surface area contributed by atoms with Gasteiger partial charge >= 0.3 is 0 Å². The van der Waals surface area contributed by atoms with Gasteiger partial charge in [-0.15, -0.1) is 11.3 Å². The van der Waals surface area contributed by atoms with Crippen LogP contribution in [-0.4, -0.2) is 67.1 Å². The van der Waals surface area contributed by atoms with Crippen molar-refractivity contribution in [2.24, 2.45) is 4.99 Å². The summed E-state index contributed by atoms with van der Waals surface area (Å²) in [4.78, 5) is 14.3. The average molecular weight is 410 g/mol. The molecule has 1 saturated heterocycles. The average Bonchev–Trinajstić information content (AvgIpc) is 3.16. The van der Waals surface area contributed by atoms with Crippen LogP contribution in [0.3, 0.4) is 0 Å². The molecule has 0 radical (unpaired) electrons. The molecule has 0 amide bonds. The molecule has 1 N–H and O–H groups in total. The minimum absolute atomic E-state index is 0.0496. The van der Waals surface area contributed by atoms with Gasteiger partial charge in [0.2, 0.25) is 0 Å². The van der Waals surface area contributed by atoms with Gasteiger partial charge in [0.1, 0.15) is 11.1 Å². The Bertz CT molecular complexity index is 591. The standard InChI is InChI=1S/C21H39N5OS/c1-6-22-21(23-12-8-10-14-26-13-9-7-11-17(26)2)25(4)15-19-16-28-20(24-19)18(3)27-5/h16-18H,6-15H2,1-5H3,(H,22,23). The lowest BCUT2D eigenvalue weighted by atomic mass is 10.0. The molecule has 6 nitrogen and oxygen atoms in total. The number of methoxy groups -OCH3 is 1. The molecule has 7 heteroatoms. The Kier molecular flexibility index (Phi) is 10.2. The van der Waals surface area contributed by atoms with Gasteiger partial charge < -0.3 is 19.9 Å². The Balaban J connectivity index is 1.79. The van der Waals surface area contributed by atoms with Gasteiger partial charge in [-0.2, -0.15) is 0 Å². The monoisotopic (exact) mass is 409 g/mol. The Morgan fingerprint density at radius 1 is 1.46 bits per heavy atom. The molecule has 1 aromatic heterocycles. The van der Waals surface area contributed by atoms with Gasteiger partial charge in [0.25, 0.3) is 0 Å². The van der Waals surface area contributed by atoms with E-state index in [0.29, 0.717) is 0 Å². The predicted molar refractivity (Wildman–Crippen MR) is 119 cm³/mol. The van der Waals surface area contributed by atoms with Crippen LogP contribution in [0.1, 0.15) is 69.7 Å². The fraction of sp³-hybridized carbons (Fsp3) is 0.810. The molecule has 0 spiro atoms. The first-order valence-electron chi connectivity index (χ1n) is 10.8. The summed E-state index contributed by atoms with van der Waals surface area (Å²) in [6.07, 6.45) is 6.52. The molecule has 1 aromatic rings. The van der Waals surface area contributed by atoms with Crippen LogP contribution in [0, 0.1) is 0 Å². The molecular formula is C21H39N5OS. The van der Waals surface area contributed by atoms with E-state index in [0.717, 1.165) is 48.8 Å². The van der Waals surface area contributed by atoms with Crippen LogP contribution >= 0.6 is 11.3 Å². The molecule has 2 atom stereocenters. The highest BCUT2D eigenvalue weighted by molar-refractivity contribution is 7.09. The van der Waals surface area contributed by atoms with Crippen LogP contribution in [0.15, 0.2) is 10.4 Å². The number of thiazole rings is 1.